The fourth-order valence-electron chi connectivity index (χ4n) is 5.59. The Bertz CT molecular complexity index is 559. The summed E-state index contributed by atoms with van der Waals surface area (Å²) in [4.78, 5) is 24.5. The maximum atomic E-state index is 12.2. The Labute approximate surface area is 130 Å². The summed E-state index contributed by atoms with van der Waals surface area (Å²) < 4.78 is 16.2. The maximum Gasteiger partial charge on any atom is 0.334 e. The van der Waals surface area contributed by atoms with Crippen LogP contribution in [0, 0.1) is 35.5 Å². The highest BCUT2D eigenvalue weighted by Crippen LogP contribution is 2.82. The van der Waals surface area contributed by atoms with E-state index in [1.165, 1.54) is 14.2 Å². The first-order chi connectivity index (χ1) is 10.3. The summed E-state index contributed by atoms with van der Waals surface area (Å²) in [6.45, 7) is 6.16. The minimum Gasteiger partial charge on any atom is -0.466 e. The lowest BCUT2D eigenvalue weighted by atomic mass is 9.92. The molecule has 0 heterocycles. The molecule has 22 heavy (non-hydrogen) atoms. The van der Waals surface area contributed by atoms with Gasteiger partial charge in [0.15, 0.2) is 0 Å². The molecule has 4 saturated carbocycles. The summed E-state index contributed by atoms with van der Waals surface area (Å²) in [5.74, 6) is 1.19. The van der Waals surface area contributed by atoms with E-state index in [0.29, 0.717) is 28.9 Å². The van der Waals surface area contributed by atoms with Crippen LogP contribution in [0.2, 0.25) is 0 Å². The van der Waals surface area contributed by atoms with Crippen LogP contribution in [-0.4, -0.2) is 37.9 Å². The van der Waals surface area contributed by atoms with Gasteiger partial charge in [0.1, 0.15) is 0 Å². The molecule has 5 heteroatoms. The van der Waals surface area contributed by atoms with Crippen molar-refractivity contribution < 1.29 is 23.8 Å². The van der Waals surface area contributed by atoms with Crippen molar-refractivity contribution >= 4 is 11.9 Å². The van der Waals surface area contributed by atoms with E-state index in [2.05, 4.69) is 20.8 Å². The normalized spacial score (nSPS) is 43.6. The number of methoxy groups -OCH3 is 2. The van der Waals surface area contributed by atoms with Crippen molar-refractivity contribution in [2.45, 2.75) is 32.5 Å². The number of esters is 2. The quantitative estimate of drug-likeness (QED) is 0.741. The van der Waals surface area contributed by atoms with Gasteiger partial charge in [-0.15, -0.1) is 0 Å². The van der Waals surface area contributed by atoms with E-state index in [1.807, 2.05) is 0 Å². The van der Waals surface area contributed by atoms with Gasteiger partial charge in [0, 0.05) is 17.8 Å². The van der Waals surface area contributed by atoms with Crippen LogP contribution < -0.4 is 0 Å². The fourth-order valence-corrected chi connectivity index (χ4v) is 5.59. The molecule has 5 aliphatic carbocycles. The van der Waals surface area contributed by atoms with E-state index in [0.717, 1.165) is 0 Å². The molecular weight excluding hydrogens is 284 g/mol. The number of carbonyl (C=O) groups is 2. The van der Waals surface area contributed by atoms with Crippen LogP contribution in [0.25, 0.3) is 0 Å². The monoisotopic (exact) mass is 306 g/mol. The second kappa shape index (κ2) is 4.13. The van der Waals surface area contributed by atoms with E-state index in [1.54, 1.807) is 0 Å². The molecule has 6 bridgehead atoms. The summed E-state index contributed by atoms with van der Waals surface area (Å²) in [5.41, 5.74) is 0.909. The Kier molecular flexibility index (Phi) is 2.68. The largest absolute Gasteiger partial charge is 0.466 e. The van der Waals surface area contributed by atoms with Gasteiger partial charge in [0.05, 0.1) is 37.1 Å². The van der Waals surface area contributed by atoms with Crippen LogP contribution in [0.1, 0.15) is 20.8 Å². The van der Waals surface area contributed by atoms with Crippen LogP contribution in [0.4, 0.5) is 0 Å². The molecule has 5 nitrogen and oxygen atoms in total. The molecule has 0 aromatic carbocycles. The highest BCUT2D eigenvalue weighted by molar-refractivity contribution is 6.03. The molecule has 0 unspecified atom stereocenters. The topological polar surface area (TPSA) is 61.8 Å². The number of hydrogen-bond donors (Lipinski definition) is 0. The van der Waals surface area contributed by atoms with Gasteiger partial charge >= 0.3 is 11.9 Å². The van der Waals surface area contributed by atoms with Gasteiger partial charge in [-0.3, -0.25) is 0 Å². The Morgan fingerprint density at radius 1 is 0.818 bits per heavy atom. The summed E-state index contributed by atoms with van der Waals surface area (Å²) in [6.07, 6.45) is 0.145. The molecule has 0 aromatic heterocycles. The van der Waals surface area contributed by atoms with Gasteiger partial charge in [-0.25, -0.2) is 9.59 Å². The van der Waals surface area contributed by atoms with Crippen molar-refractivity contribution in [1.82, 2.24) is 0 Å². The number of hydrogen-bond acceptors (Lipinski definition) is 5. The minimum atomic E-state index is -0.376. The summed E-state index contributed by atoms with van der Waals surface area (Å²) >= 11 is 0. The van der Waals surface area contributed by atoms with E-state index < -0.39 is 0 Å². The zero-order valence-corrected chi connectivity index (χ0v) is 13.6. The second-order valence-electron chi connectivity index (χ2n) is 7.87. The third-order valence-corrected chi connectivity index (χ3v) is 5.87. The minimum absolute atomic E-state index is 0.119. The number of rotatable bonds is 3. The standard InChI is InChI=1S/C17H22O5/c1-17(2,3)22-14-10-6-7(10)9-11(14)8(6)12(15(18)20-4)13(9)16(19)21-5/h6-11,14H,1-5H3/t6-,7-,8-,9-,10?,11?,14-/m1/s1. The molecule has 0 saturated heterocycles. The highest BCUT2D eigenvalue weighted by atomic mass is 16.5. The summed E-state index contributed by atoms with van der Waals surface area (Å²) in [7, 11) is 2.74. The van der Waals surface area contributed by atoms with E-state index in [-0.39, 0.29) is 41.4 Å². The Balaban J connectivity index is 1.72. The molecule has 0 amide bonds. The Morgan fingerprint density at radius 3 is 1.64 bits per heavy atom. The lowest BCUT2D eigenvalue weighted by molar-refractivity contribution is -0.140. The molecule has 0 N–H and O–H groups in total. The Hall–Kier alpha value is -1.36. The SMILES string of the molecule is COC(=O)C1=C(C(=O)OC)[C@H]2C3[C@H](OC(C)(C)C)C4[C@H]([C@@H]42)[C@@H]13. The molecular formula is C17H22O5. The van der Waals surface area contributed by atoms with E-state index in [9.17, 15) is 9.59 Å². The summed E-state index contributed by atoms with van der Waals surface area (Å²) in [5, 5.41) is 0. The van der Waals surface area contributed by atoms with Crippen molar-refractivity contribution in [1.29, 1.82) is 0 Å². The lowest BCUT2D eigenvalue weighted by Gasteiger charge is -2.28. The third kappa shape index (κ3) is 1.53. The van der Waals surface area contributed by atoms with Gasteiger partial charge in [-0.05, 0) is 38.5 Å². The van der Waals surface area contributed by atoms with Crippen LogP contribution in [0.5, 0.6) is 0 Å². The maximum absolute atomic E-state index is 12.2. The molecule has 5 rings (SSSR count). The third-order valence-electron chi connectivity index (χ3n) is 5.87. The molecule has 0 spiro atoms. The molecule has 4 fully saturated rings. The molecule has 0 aromatic rings. The zero-order chi connectivity index (χ0) is 16.0. The van der Waals surface area contributed by atoms with E-state index in [4.69, 9.17) is 14.2 Å². The number of carbonyl (C=O) groups excluding carboxylic acids is 2. The summed E-state index contributed by atoms with van der Waals surface area (Å²) in [6, 6.07) is 0. The molecule has 0 radical (unpaired) electrons. The second-order valence-corrected chi connectivity index (χ2v) is 7.87. The highest BCUT2D eigenvalue weighted by Gasteiger charge is 2.83. The molecule has 5 atom stereocenters. The fraction of sp³-hybridized carbons (Fsp3) is 0.765. The van der Waals surface area contributed by atoms with Crippen LogP contribution in [0.3, 0.4) is 0 Å². The van der Waals surface area contributed by atoms with Crippen LogP contribution in [0.15, 0.2) is 11.1 Å². The smallest absolute Gasteiger partial charge is 0.334 e. The predicted octanol–water partition coefficient (Wildman–Crippen LogP) is 1.56. The predicted molar refractivity (Wildman–Crippen MR) is 76.6 cm³/mol. The molecule has 0 aliphatic heterocycles. The van der Waals surface area contributed by atoms with E-state index >= 15 is 0 Å². The van der Waals surface area contributed by atoms with Crippen LogP contribution >= 0.6 is 0 Å². The molecule has 5 aliphatic rings. The molecule has 120 valence electrons. The van der Waals surface area contributed by atoms with Crippen molar-refractivity contribution in [3.05, 3.63) is 11.1 Å². The van der Waals surface area contributed by atoms with Gasteiger partial charge in [-0.1, -0.05) is 0 Å². The van der Waals surface area contributed by atoms with Gasteiger partial charge < -0.3 is 14.2 Å². The van der Waals surface area contributed by atoms with Crippen molar-refractivity contribution in [2.24, 2.45) is 35.5 Å². The van der Waals surface area contributed by atoms with Crippen molar-refractivity contribution in [2.75, 3.05) is 14.2 Å². The average Bonchev–Trinajstić information content (AvgIpc) is 2.68. The number of ether oxygens (including phenoxy) is 3. The first kappa shape index (κ1) is 14.2. The Morgan fingerprint density at radius 2 is 1.27 bits per heavy atom. The van der Waals surface area contributed by atoms with Crippen molar-refractivity contribution in [3.63, 3.8) is 0 Å². The average molecular weight is 306 g/mol. The first-order valence-corrected chi connectivity index (χ1v) is 7.90. The van der Waals surface area contributed by atoms with Gasteiger partial charge in [0.2, 0.25) is 0 Å². The lowest BCUT2D eigenvalue weighted by Crippen LogP contribution is -2.32. The zero-order valence-electron chi connectivity index (χ0n) is 13.6. The van der Waals surface area contributed by atoms with Gasteiger partial charge in [0.25, 0.3) is 0 Å². The van der Waals surface area contributed by atoms with Gasteiger partial charge in [-0.2, -0.15) is 0 Å². The van der Waals surface area contributed by atoms with Crippen LogP contribution in [-0.2, 0) is 23.8 Å². The first-order valence-electron chi connectivity index (χ1n) is 7.90. The van der Waals surface area contributed by atoms with Crippen molar-refractivity contribution in [3.8, 4) is 0 Å².